The van der Waals surface area contributed by atoms with E-state index >= 15 is 0 Å². The Bertz CT molecular complexity index is 572. The van der Waals surface area contributed by atoms with Crippen molar-refractivity contribution in [1.82, 2.24) is 0 Å². The number of rotatable bonds is 4. The van der Waals surface area contributed by atoms with Gasteiger partial charge in [-0.25, -0.2) is 0 Å². The highest BCUT2D eigenvalue weighted by Crippen LogP contribution is 2.20. The summed E-state index contributed by atoms with van der Waals surface area (Å²) in [5.41, 5.74) is 1.17. The lowest BCUT2D eigenvalue weighted by Crippen LogP contribution is -2.08. The van der Waals surface area contributed by atoms with E-state index in [1.165, 1.54) is 11.3 Å². The molecule has 4 heteroatoms. The van der Waals surface area contributed by atoms with Gasteiger partial charge in [0.1, 0.15) is 0 Å². The lowest BCUT2D eigenvalue weighted by Gasteiger charge is -2.07. The molecule has 0 amide bonds. The van der Waals surface area contributed by atoms with Gasteiger partial charge in [-0.3, -0.25) is 9.59 Å². The molecule has 2 aromatic rings. The third-order valence-corrected chi connectivity index (χ3v) is 3.63. The van der Waals surface area contributed by atoms with Crippen LogP contribution < -0.4 is 0 Å². The fraction of sp³-hybridized carbons (Fsp3) is 0.143. The number of hydrogen-bond acceptors (Lipinski definition) is 3. The van der Waals surface area contributed by atoms with Crippen LogP contribution in [-0.4, -0.2) is 16.9 Å². The van der Waals surface area contributed by atoms with Crippen LogP contribution in [0.2, 0.25) is 0 Å². The molecule has 0 aliphatic heterocycles. The van der Waals surface area contributed by atoms with Crippen molar-refractivity contribution in [3.05, 3.63) is 57.8 Å². The van der Waals surface area contributed by atoms with Crippen LogP contribution in [-0.2, 0) is 4.79 Å². The van der Waals surface area contributed by atoms with Gasteiger partial charge in [0.25, 0.3) is 0 Å². The molecule has 0 fully saturated rings. The van der Waals surface area contributed by atoms with Crippen LogP contribution >= 0.6 is 11.3 Å². The van der Waals surface area contributed by atoms with Crippen LogP contribution in [0, 0.1) is 0 Å². The first-order chi connectivity index (χ1) is 8.59. The molecule has 0 spiro atoms. The SMILES string of the molecule is C[C@H](C(=O)O)c1cccc(C(=O)c2cccs2)c1. The molecular formula is C14H12O3S. The van der Waals surface area contributed by atoms with Crippen LogP contribution in [0.25, 0.3) is 0 Å². The van der Waals surface area contributed by atoms with E-state index in [-0.39, 0.29) is 5.78 Å². The summed E-state index contributed by atoms with van der Waals surface area (Å²) in [6.07, 6.45) is 0. The third-order valence-electron chi connectivity index (χ3n) is 2.76. The first kappa shape index (κ1) is 12.5. The molecule has 92 valence electrons. The Morgan fingerprint density at radius 1 is 1.22 bits per heavy atom. The average molecular weight is 260 g/mol. The van der Waals surface area contributed by atoms with E-state index in [1.54, 1.807) is 37.3 Å². The van der Waals surface area contributed by atoms with Crippen molar-refractivity contribution in [2.75, 3.05) is 0 Å². The van der Waals surface area contributed by atoms with E-state index in [1.807, 2.05) is 11.4 Å². The summed E-state index contributed by atoms with van der Waals surface area (Å²) in [5.74, 6) is -1.57. The van der Waals surface area contributed by atoms with E-state index in [0.29, 0.717) is 16.0 Å². The number of carbonyl (C=O) groups is 2. The summed E-state index contributed by atoms with van der Waals surface area (Å²) < 4.78 is 0. The first-order valence-corrected chi connectivity index (χ1v) is 6.38. The van der Waals surface area contributed by atoms with E-state index in [0.717, 1.165) is 0 Å². The topological polar surface area (TPSA) is 54.4 Å². The second-order valence-electron chi connectivity index (χ2n) is 3.99. The quantitative estimate of drug-likeness (QED) is 0.859. The molecule has 18 heavy (non-hydrogen) atoms. The molecule has 1 heterocycles. The molecule has 3 nitrogen and oxygen atoms in total. The molecule has 0 radical (unpaired) electrons. The van der Waals surface area contributed by atoms with Crippen LogP contribution in [0.1, 0.15) is 33.6 Å². The van der Waals surface area contributed by atoms with E-state index in [9.17, 15) is 9.59 Å². The summed E-state index contributed by atoms with van der Waals surface area (Å²) in [5, 5.41) is 10.8. The monoisotopic (exact) mass is 260 g/mol. The molecule has 0 aliphatic rings. The minimum absolute atomic E-state index is 0.0653. The Morgan fingerprint density at radius 2 is 2.00 bits per heavy atom. The van der Waals surface area contributed by atoms with Gasteiger partial charge in [0.2, 0.25) is 5.78 Å². The summed E-state index contributed by atoms with van der Waals surface area (Å²) in [6.45, 7) is 1.61. The maximum atomic E-state index is 12.1. The fourth-order valence-corrected chi connectivity index (χ4v) is 2.33. The van der Waals surface area contributed by atoms with Crippen LogP contribution in [0.5, 0.6) is 0 Å². The minimum Gasteiger partial charge on any atom is -0.481 e. The highest BCUT2D eigenvalue weighted by molar-refractivity contribution is 7.12. The Hall–Kier alpha value is -1.94. The molecule has 1 N–H and O–H groups in total. The predicted molar refractivity (Wildman–Crippen MR) is 70.2 cm³/mol. The molecule has 0 aliphatic carbocycles. The highest BCUT2D eigenvalue weighted by atomic mass is 32.1. The lowest BCUT2D eigenvalue weighted by atomic mass is 9.97. The summed E-state index contributed by atoms with van der Waals surface area (Å²) in [7, 11) is 0. The number of carbonyl (C=O) groups excluding carboxylic acids is 1. The van der Waals surface area contributed by atoms with Crippen molar-refractivity contribution in [3.63, 3.8) is 0 Å². The lowest BCUT2D eigenvalue weighted by molar-refractivity contribution is -0.138. The maximum Gasteiger partial charge on any atom is 0.310 e. The first-order valence-electron chi connectivity index (χ1n) is 5.50. The zero-order valence-corrected chi connectivity index (χ0v) is 10.6. The van der Waals surface area contributed by atoms with Crippen molar-refractivity contribution >= 4 is 23.1 Å². The van der Waals surface area contributed by atoms with Gasteiger partial charge in [-0.15, -0.1) is 11.3 Å². The zero-order valence-electron chi connectivity index (χ0n) is 9.79. The molecule has 0 saturated carbocycles. The number of carboxylic acids is 1. The Balaban J connectivity index is 2.33. The number of benzene rings is 1. The minimum atomic E-state index is -0.893. The van der Waals surface area contributed by atoms with Gasteiger partial charge in [0.05, 0.1) is 10.8 Å². The Morgan fingerprint density at radius 3 is 2.61 bits per heavy atom. The normalized spacial score (nSPS) is 12.1. The highest BCUT2D eigenvalue weighted by Gasteiger charge is 2.16. The van der Waals surface area contributed by atoms with Crippen molar-refractivity contribution < 1.29 is 14.7 Å². The number of carboxylic acid groups (broad SMARTS) is 1. The number of thiophene rings is 1. The molecule has 1 aromatic heterocycles. The summed E-state index contributed by atoms with van der Waals surface area (Å²) >= 11 is 1.38. The van der Waals surface area contributed by atoms with Crippen molar-refractivity contribution in [1.29, 1.82) is 0 Å². The van der Waals surface area contributed by atoms with Crippen LogP contribution in [0.3, 0.4) is 0 Å². The van der Waals surface area contributed by atoms with Gasteiger partial charge < -0.3 is 5.11 Å². The molecule has 2 rings (SSSR count). The van der Waals surface area contributed by atoms with Gasteiger partial charge in [0, 0.05) is 5.56 Å². The molecule has 1 atom stereocenters. The van der Waals surface area contributed by atoms with Crippen LogP contribution in [0.4, 0.5) is 0 Å². The van der Waals surface area contributed by atoms with Crippen molar-refractivity contribution in [2.24, 2.45) is 0 Å². The number of aliphatic carboxylic acids is 1. The van der Waals surface area contributed by atoms with Gasteiger partial charge in [-0.05, 0) is 30.0 Å². The third kappa shape index (κ3) is 2.49. The van der Waals surface area contributed by atoms with Crippen molar-refractivity contribution in [2.45, 2.75) is 12.8 Å². The maximum absolute atomic E-state index is 12.1. The fourth-order valence-electron chi connectivity index (χ4n) is 1.64. The number of hydrogen-bond donors (Lipinski definition) is 1. The summed E-state index contributed by atoms with van der Waals surface area (Å²) in [6, 6.07) is 10.4. The van der Waals surface area contributed by atoms with Gasteiger partial charge in [0.15, 0.2) is 0 Å². The van der Waals surface area contributed by atoms with Crippen molar-refractivity contribution in [3.8, 4) is 0 Å². The summed E-state index contributed by atoms with van der Waals surface area (Å²) in [4.78, 5) is 23.7. The number of ketones is 1. The van der Waals surface area contributed by atoms with Crippen LogP contribution in [0.15, 0.2) is 41.8 Å². The smallest absolute Gasteiger partial charge is 0.310 e. The Kier molecular flexibility index (Phi) is 3.58. The van der Waals surface area contributed by atoms with E-state index in [4.69, 9.17) is 5.11 Å². The molecular weight excluding hydrogens is 248 g/mol. The molecule has 0 bridgehead atoms. The second kappa shape index (κ2) is 5.14. The predicted octanol–water partition coefficient (Wildman–Crippen LogP) is 3.17. The average Bonchev–Trinajstić information content (AvgIpc) is 2.91. The largest absolute Gasteiger partial charge is 0.481 e. The molecule has 0 saturated heterocycles. The standard InChI is InChI=1S/C14H12O3S/c1-9(14(16)17)10-4-2-5-11(8-10)13(15)12-6-3-7-18-12/h2-9H,1H3,(H,16,17)/t9-/m0/s1. The van der Waals surface area contributed by atoms with E-state index < -0.39 is 11.9 Å². The zero-order chi connectivity index (χ0) is 13.1. The Labute approximate surface area is 109 Å². The van der Waals surface area contributed by atoms with Gasteiger partial charge in [-0.1, -0.05) is 24.3 Å². The van der Waals surface area contributed by atoms with Gasteiger partial charge >= 0.3 is 5.97 Å². The van der Waals surface area contributed by atoms with Gasteiger partial charge in [-0.2, -0.15) is 0 Å². The molecule has 0 unspecified atom stereocenters. The second-order valence-corrected chi connectivity index (χ2v) is 4.94. The van der Waals surface area contributed by atoms with E-state index in [2.05, 4.69) is 0 Å². The molecule has 1 aromatic carbocycles.